The number of aryl methyl sites for hydroxylation is 1. The van der Waals surface area contributed by atoms with Crippen LogP contribution < -0.4 is 15.8 Å². The molecule has 1 amide bonds. The van der Waals surface area contributed by atoms with Gasteiger partial charge in [-0.2, -0.15) is 4.52 Å². The summed E-state index contributed by atoms with van der Waals surface area (Å²) in [7, 11) is 0. The summed E-state index contributed by atoms with van der Waals surface area (Å²) in [5, 5.41) is 5.79. The smallest absolute Gasteiger partial charge is 0.277 e. The van der Waals surface area contributed by atoms with Gasteiger partial charge in [-0.3, -0.25) is 14.7 Å². The summed E-state index contributed by atoms with van der Waals surface area (Å²) in [4.78, 5) is 35.8. The summed E-state index contributed by atoms with van der Waals surface area (Å²) in [6, 6.07) is 8.36. The topological polar surface area (TPSA) is 95.4 Å². The molecule has 0 radical (unpaired) electrons. The lowest BCUT2D eigenvalue weighted by Gasteiger charge is -2.32. The molecule has 2 aromatic heterocycles. The lowest BCUT2D eigenvalue weighted by Crippen LogP contribution is -2.32. The predicted molar refractivity (Wildman–Crippen MR) is 120 cm³/mol. The molecule has 0 unspecified atom stereocenters. The highest BCUT2D eigenvalue weighted by molar-refractivity contribution is 5.76. The zero-order chi connectivity index (χ0) is 22.0. The number of carbonyl (C=O) groups is 1. The number of piperidine rings is 1. The van der Waals surface area contributed by atoms with E-state index in [-0.39, 0.29) is 23.9 Å². The number of H-pyrrole nitrogens is 1. The average molecular weight is 423 g/mol. The van der Waals surface area contributed by atoms with E-state index in [1.165, 1.54) is 29.4 Å². The van der Waals surface area contributed by atoms with Gasteiger partial charge in [-0.1, -0.05) is 19.1 Å². The number of carbonyl (C=O) groups excluding carboxylic acids is 1. The highest BCUT2D eigenvalue weighted by Crippen LogP contribution is 2.24. The molecule has 1 aliphatic heterocycles. The van der Waals surface area contributed by atoms with Crippen LogP contribution in [0.2, 0.25) is 0 Å². The Morgan fingerprint density at radius 2 is 1.97 bits per heavy atom. The van der Waals surface area contributed by atoms with Crippen LogP contribution in [0.3, 0.4) is 0 Å². The Morgan fingerprint density at radius 3 is 2.68 bits per heavy atom. The lowest BCUT2D eigenvalue weighted by atomic mass is 9.98. The Hall–Kier alpha value is -3.16. The number of benzene rings is 1. The zero-order valence-electron chi connectivity index (χ0n) is 18.4. The van der Waals surface area contributed by atoms with E-state index in [1.807, 2.05) is 6.92 Å². The first-order chi connectivity index (χ1) is 14.9. The van der Waals surface area contributed by atoms with Crippen molar-refractivity contribution in [2.75, 3.05) is 18.0 Å². The van der Waals surface area contributed by atoms with Gasteiger partial charge in [0.15, 0.2) is 0 Å². The molecule has 3 heterocycles. The second kappa shape index (κ2) is 8.91. The van der Waals surface area contributed by atoms with E-state index in [2.05, 4.69) is 56.5 Å². The van der Waals surface area contributed by atoms with Crippen LogP contribution in [-0.4, -0.2) is 38.6 Å². The number of rotatable bonds is 6. The third kappa shape index (κ3) is 4.62. The monoisotopic (exact) mass is 422 g/mol. The van der Waals surface area contributed by atoms with Gasteiger partial charge in [0.1, 0.15) is 6.33 Å². The van der Waals surface area contributed by atoms with E-state index >= 15 is 0 Å². The van der Waals surface area contributed by atoms with E-state index < -0.39 is 0 Å². The van der Waals surface area contributed by atoms with E-state index in [9.17, 15) is 9.59 Å². The summed E-state index contributed by atoms with van der Waals surface area (Å²) >= 11 is 0. The third-order valence-corrected chi connectivity index (χ3v) is 6.25. The van der Waals surface area contributed by atoms with E-state index in [0.29, 0.717) is 23.5 Å². The maximum atomic E-state index is 12.6. The van der Waals surface area contributed by atoms with Gasteiger partial charge in [0.05, 0.1) is 11.7 Å². The standard InChI is InChI=1S/C23H30N6O2/c1-15-10-12-28(13-11-15)19-6-4-18(5-7-19)16(2)26-21(30)9-8-20-17(3)27-23-24-14-25-29(23)22(20)31/h4-7,14-16H,8-13H2,1-3H3,(H,26,30)(H,24,25,27)/t16-/m0/s1. The third-order valence-electron chi connectivity index (χ3n) is 6.25. The minimum atomic E-state index is -0.205. The Labute approximate surface area is 181 Å². The highest BCUT2D eigenvalue weighted by Gasteiger charge is 2.17. The van der Waals surface area contributed by atoms with Crippen molar-refractivity contribution in [2.45, 2.75) is 52.5 Å². The van der Waals surface area contributed by atoms with Gasteiger partial charge in [0, 0.05) is 30.8 Å². The molecule has 0 spiro atoms. The molecule has 1 fully saturated rings. The molecule has 4 rings (SSSR count). The minimum Gasteiger partial charge on any atom is -0.372 e. The van der Waals surface area contributed by atoms with Crippen molar-refractivity contribution in [1.82, 2.24) is 24.9 Å². The van der Waals surface area contributed by atoms with Crippen LogP contribution in [0.1, 0.15) is 56.0 Å². The quantitative estimate of drug-likeness (QED) is 0.637. The first kappa shape index (κ1) is 21.1. The van der Waals surface area contributed by atoms with E-state index in [4.69, 9.17) is 0 Å². The summed E-state index contributed by atoms with van der Waals surface area (Å²) in [6.07, 6.45) is 4.47. The molecule has 2 N–H and O–H groups in total. The van der Waals surface area contributed by atoms with E-state index in [1.54, 1.807) is 6.92 Å². The van der Waals surface area contributed by atoms with Gasteiger partial charge in [0.25, 0.3) is 11.3 Å². The van der Waals surface area contributed by atoms with Crippen LogP contribution in [0.4, 0.5) is 5.69 Å². The number of aromatic amines is 1. The number of amides is 1. The van der Waals surface area contributed by atoms with Gasteiger partial charge in [-0.25, -0.2) is 9.97 Å². The molecule has 8 nitrogen and oxygen atoms in total. The van der Waals surface area contributed by atoms with Crippen LogP contribution in [0.5, 0.6) is 0 Å². The van der Waals surface area contributed by atoms with Crippen molar-refractivity contribution in [1.29, 1.82) is 0 Å². The molecule has 31 heavy (non-hydrogen) atoms. The molecule has 1 aromatic carbocycles. The molecule has 1 atom stereocenters. The molecule has 0 bridgehead atoms. The number of aromatic nitrogens is 4. The number of fused-ring (bicyclic) bond motifs is 1. The predicted octanol–water partition coefficient (Wildman–Crippen LogP) is 2.77. The maximum Gasteiger partial charge on any atom is 0.277 e. The SMILES string of the molecule is Cc1nc2nc[nH]n2c(=O)c1CCC(=O)N[C@@H](C)c1ccc(N2CCC(C)CC2)cc1. The van der Waals surface area contributed by atoms with Crippen molar-refractivity contribution >= 4 is 17.4 Å². The normalized spacial score (nSPS) is 15.9. The van der Waals surface area contributed by atoms with Crippen LogP contribution in [-0.2, 0) is 11.2 Å². The fourth-order valence-electron chi connectivity index (χ4n) is 4.16. The average Bonchev–Trinajstić information content (AvgIpc) is 3.23. The van der Waals surface area contributed by atoms with Crippen molar-refractivity contribution in [3.63, 3.8) is 0 Å². The van der Waals surface area contributed by atoms with E-state index in [0.717, 1.165) is 24.6 Å². The molecule has 1 saturated heterocycles. The first-order valence-corrected chi connectivity index (χ1v) is 11.0. The molecule has 3 aromatic rings. The fourth-order valence-corrected chi connectivity index (χ4v) is 4.16. The van der Waals surface area contributed by atoms with Crippen molar-refractivity contribution in [2.24, 2.45) is 5.92 Å². The minimum absolute atomic E-state index is 0.0879. The van der Waals surface area contributed by atoms with Crippen molar-refractivity contribution in [3.05, 3.63) is 57.8 Å². The van der Waals surface area contributed by atoms with Crippen molar-refractivity contribution in [3.8, 4) is 0 Å². The molecule has 0 saturated carbocycles. The van der Waals surface area contributed by atoms with Crippen LogP contribution in [0.15, 0.2) is 35.4 Å². The fraction of sp³-hybridized carbons (Fsp3) is 0.478. The number of nitrogens with zero attached hydrogens (tertiary/aromatic N) is 4. The molecule has 1 aliphatic rings. The first-order valence-electron chi connectivity index (χ1n) is 11.0. The summed E-state index contributed by atoms with van der Waals surface area (Å²) in [6.45, 7) is 8.27. The Kier molecular flexibility index (Phi) is 6.06. The van der Waals surface area contributed by atoms with Gasteiger partial charge in [-0.15, -0.1) is 0 Å². The van der Waals surface area contributed by atoms with Gasteiger partial charge in [0.2, 0.25) is 5.91 Å². The number of nitrogens with one attached hydrogen (secondary N) is 2. The maximum absolute atomic E-state index is 12.6. The van der Waals surface area contributed by atoms with Gasteiger partial charge in [-0.05, 0) is 56.7 Å². The Balaban J connectivity index is 1.34. The molecular formula is C23H30N6O2. The summed E-state index contributed by atoms with van der Waals surface area (Å²) in [5.41, 5.74) is 3.25. The number of hydrogen-bond acceptors (Lipinski definition) is 5. The van der Waals surface area contributed by atoms with Crippen LogP contribution in [0, 0.1) is 12.8 Å². The van der Waals surface area contributed by atoms with Gasteiger partial charge < -0.3 is 10.2 Å². The zero-order valence-corrected chi connectivity index (χ0v) is 18.4. The summed E-state index contributed by atoms with van der Waals surface area (Å²) in [5.74, 6) is 1.06. The molecule has 164 valence electrons. The largest absolute Gasteiger partial charge is 0.372 e. The van der Waals surface area contributed by atoms with Crippen molar-refractivity contribution < 1.29 is 4.79 Å². The second-order valence-corrected chi connectivity index (χ2v) is 8.55. The number of hydrogen-bond donors (Lipinski definition) is 2. The Bertz CT molecular complexity index is 1110. The second-order valence-electron chi connectivity index (χ2n) is 8.55. The molecule has 8 heteroatoms. The number of anilines is 1. The van der Waals surface area contributed by atoms with Gasteiger partial charge >= 0.3 is 0 Å². The molecule has 0 aliphatic carbocycles. The molecular weight excluding hydrogens is 392 g/mol. The summed E-state index contributed by atoms with van der Waals surface area (Å²) < 4.78 is 1.30. The lowest BCUT2D eigenvalue weighted by molar-refractivity contribution is -0.121. The van der Waals surface area contributed by atoms with Crippen LogP contribution in [0.25, 0.3) is 5.78 Å². The van der Waals surface area contributed by atoms with Crippen LogP contribution >= 0.6 is 0 Å². The highest BCUT2D eigenvalue weighted by atomic mass is 16.1. The Morgan fingerprint density at radius 1 is 1.26 bits per heavy atom.